The van der Waals surface area contributed by atoms with Crippen LogP contribution in [-0.4, -0.2) is 9.97 Å². The number of aromatic nitrogens is 2. The first-order valence-corrected chi connectivity index (χ1v) is 5.99. The van der Waals surface area contributed by atoms with Gasteiger partial charge in [0.1, 0.15) is 12.1 Å². The standard InChI is InChI=1S/C12H11ClFN2P/c1-6-3-8(9(14)4-10(6)17)12-11(13)7(2)15-5-16-12/h3-5H,17H2,1-2H3. The van der Waals surface area contributed by atoms with Crippen LogP contribution in [0, 0.1) is 19.7 Å². The number of aryl methyl sites for hydroxylation is 2. The van der Waals surface area contributed by atoms with E-state index in [2.05, 4.69) is 19.2 Å². The van der Waals surface area contributed by atoms with E-state index in [-0.39, 0.29) is 5.82 Å². The lowest BCUT2D eigenvalue weighted by molar-refractivity contribution is 0.631. The van der Waals surface area contributed by atoms with Gasteiger partial charge >= 0.3 is 0 Å². The van der Waals surface area contributed by atoms with E-state index < -0.39 is 0 Å². The van der Waals surface area contributed by atoms with E-state index >= 15 is 0 Å². The van der Waals surface area contributed by atoms with Crippen LogP contribution >= 0.6 is 20.8 Å². The molecular weight excluding hydrogens is 258 g/mol. The smallest absolute Gasteiger partial charge is 0.133 e. The third-order valence-electron chi connectivity index (χ3n) is 2.57. The van der Waals surface area contributed by atoms with Crippen molar-refractivity contribution in [3.63, 3.8) is 0 Å². The van der Waals surface area contributed by atoms with Crippen molar-refractivity contribution >= 4 is 26.1 Å². The molecule has 0 bridgehead atoms. The normalized spacial score (nSPS) is 10.6. The highest BCUT2D eigenvalue weighted by molar-refractivity contribution is 7.27. The summed E-state index contributed by atoms with van der Waals surface area (Å²) >= 11 is 6.09. The Morgan fingerprint density at radius 1 is 1.24 bits per heavy atom. The summed E-state index contributed by atoms with van der Waals surface area (Å²) in [5.41, 5.74) is 2.45. The minimum Gasteiger partial charge on any atom is -0.240 e. The molecule has 2 nitrogen and oxygen atoms in total. The largest absolute Gasteiger partial charge is 0.240 e. The molecule has 1 unspecified atom stereocenters. The van der Waals surface area contributed by atoms with Crippen molar-refractivity contribution in [2.75, 3.05) is 0 Å². The van der Waals surface area contributed by atoms with Crippen LogP contribution in [0.3, 0.4) is 0 Å². The fourth-order valence-electron chi connectivity index (χ4n) is 1.52. The second kappa shape index (κ2) is 4.67. The minimum atomic E-state index is -0.333. The summed E-state index contributed by atoms with van der Waals surface area (Å²) in [5, 5.41) is 1.22. The number of hydrogen-bond donors (Lipinski definition) is 0. The Hall–Kier alpha value is -1.05. The van der Waals surface area contributed by atoms with Crippen LogP contribution in [0.1, 0.15) is 11.3 Å². The predicted octanol–water partition coefficient (Wildman–Crippen LogP) is 3.05. The Balaban J connectivity index is 2.69. The number of benzene rings is 1. The van der Waals surface area contributed by atoms with Crippen molar-refractivity contribution in [2.45, 2.75) is 13.8 Å². The quantitative estimate of drug-likeness (QED) is 0.743. The van der Waals surface area contributed by atoms with E-state index in [1.807, 2.05) is 6.92 Å². The van der Waals surface area contributed by atoms with Crippen LogP contribution in [0.25, 0.3) is 11.3 Å². The van der Waals surface area contributed by atoms with E-state index in [1.54, 1.807) is 13.0 Å². The van der Waals surface area contributed by atoms with Gasteiger partial charge in [-0.2, -0.15) is 0 Å². The van der Waals surface area contributed by atoms with E-state index in [9.17, 15) is 4.39 Å². The van der Waals surface area contributed by atoms with Crippen LogP contribution in [0.2, 0.25) is 5.02 Å². The van der Waals surface area contributed by atoms with E-state index in [1.165, 1.54) is 12.4 Å². The Bertz CT molecular complexity index is 587. The average Bonchev–Trinajstić information content (AvgIpc) is 2.28. The third kappa shape index (κ3) is 2.31. The Morgan fingerprint density at radius 2 is 1.94 bits per heavy atom. The Kier molecular flexibility index (Phi) is 3.41. The molecule has 88 valence electrons. The van der Waals surface area contributed by atoms with Gasteiger partial charge in [0.2, 0.25) is 0 Å². The zero-order chi connectivity index (χ0) is 12.6. The number of nitrogens with zero attached hydrogens (tertiary/aromatic N) is 2. The highest BCUT2D eigenvalue weighted by Gasteiger charge is 2.13. The highest BCUT2D eigenvalue weighted by Crippen LogP contribution is 2.29. The molecule has 1 atom stereocenters. The van der Waals surface area contributed by atoms with Crippen molar-refractivity contribution in [1.82, 2.24) is 9.97 Å². The summed E-state index contributed by atoms with van der Waals surface area (Å²) in [6.07, 6.45) is 1.39. The summed E-state index contributed by atoms with van der Waals surface area (Å²) in [6.45, 7) is 3.68. The summed E-state index contributed by atoms with van der Waals surface area (Å²) in [7, 11) is 2.50. The molecule has 0 radical (unpaired) electrons. The minimum absolute atomic E-state index is 0.333. The molecule has 0 aliphatic heterocycles. The molecule has 0 saturated carbocycles. The zero-order valence-corrected chi connectivity index (χ0v) is 11.4. The molecule has 0 aliphatic carbocycles. The highest BCUT2D eigenvalue weighted by atomic mass is 35.5. The van der Waals surface area contributed by atoms with Crippen LogP contribution in [0.15, 0.2) is 18.5 Å². The van der Waals surface area contributed by atoms with Gasteiger partial charge in [-0.3, -0.25) is 0 Å². The fourth-order valence-corrected chi connectivity index (χ4v) is 1.95. The van der Waals surface area contributed by atoms with Gasteiger partial charge in [0, 0.05) is 5.56 Å². The first kappa shape index (κ1) is 12.4. The molecule has 0 fully saturated rings. The molecule has 2 rings (SSSR count). The Morgan fingerprint density at radius 3 is 2.65 bits per heavy atom. The molecule has 17 heavy (non-hydrogen) atoms. The van der Waals surface area contributed by atoms with Crippen LogP contribution in [0.5, 0.6) is 0 Å². The van der Waals surface area contributed by atoms with Crippen molar-refractivity contribution in [2.24, 2.45) is 0 Å². The summed E-state index contributed by atoms with van der Waals surface area (Å²) in [4.78, 5) is 8.02. The van der Waals surface area contributed by atoms with Gasteiger partial charge in [-0.05, 0) is 36.8 Å². The van der Waals surface area contributed by atoms with Crippen molar-refractivity contribution in [3.8, 4) is 11.3 Å². The lowest BCUT2D eigenvalue weighted by Gasteiger charge is -2.09. The zero-order valence-electron chi connectivity index (χ0n) is 9.46. The van der Waals surface area contributed by atoms with Crippen molar-refractivity contribution in [1.29, 1.82) is 0 Å². The topological polar surface area (TPSA) is 25.8 Å². The van der Waals surface area contributed by atoms with Gasteiger partial charge in [0.15, 0.2) is 0 Å². The van der Waals surface area contributed by atoms with E-state index in [0.717, 1.165) is 10.9 Å². The van der Waals surface area contributed by atoms with Gasteiger partial charge in [-0.1, -0.05) is 11.6 Å². The molecule has 0 N–H and O–H groups in total. The summed E-state index contributed by atoms with van der Waals surface area (Å²) in [6, 6.07) is 3.20. The first-order chi connectivity index (χ1) is 8.00. The molecule has 1 aromatic heterocycles. The predicted molar refractivity (Wildman–Crippen MR) is 71.3 cm³/mol. The molecule has 0 saturated heterocycles. The maximum atomic E-state index is 13.9. The van der Waals surface area contributed by atoms with Crippen LogP contribution in [0.4, 0.5) is 4.39 Å². The van der Waals surface area contributed by atoms with E-state index in [0.29, 0.717) is 22.0 Å². The lowest BCUT2D eigenvalue weighted by Crippen LogP contribution is -2.02. The first-order valence-electron chi connectivity index (χ1n) is 5.03. The van der Waals surface area contributed by atoms with E-state index in [4.69, 9.17) is 11.6 Å². The van der Waals surface area contributed by atoms with Crippen molar-refractivity contribution in [3.05, 3.63) is 40.6 Å². The van der Waals surface area contributed by atoms with Gasteiger partial charge < -0.3 is 0 Å². The molecule has 5 heteroatoms. The van der Waals surface area contributed by atoms with Crippen LogP contribution < -0.4 is 5.30 Å². The van der Waals surface area contributed by atoms with Gasteiger partial charge in [0.25, 0.3) is 0 Å². The molecule has 0 aliphatic rings. The lowest BCUT2D eigenvalue weighted by atomic mass is 10.1. The molecule has 1 aromatic carbocycles. The number of halogens is 2. The molecule has 0 spiro atoms. The third-order valence-corrected chi connectivity index (χ3v) is 3.65. The molecule has 1 heterocycles. The summed E-state index contributed by atoms with van der Waals surface area (Å²) < 4.78 is 13.9. The number of rotatable bonds is 1. The average molecular weight is 269 g/mol. The monoisotopic (exact) mass is 268 g/mol. The molecular formula is C12H11ClFN2P. The Labute approximate surface area is 106 Å². The molecule has 2 aromatic rings. The van der Waals surface area contributed by atoms with Gasteiger partial charge in [-0.25, -0.2) is 14.4 Å². The maximum Gasteiger partial charge on any atom is 0.133 e. The molecule has 0 amide bonds. The fraction of sp³-hybridized carbons (Fsp3) is 0.167. The van der Waals surface area contributed by atoms with Gasteiger partial charge in [0.05, 0.1) is 16.4 Å². The second-order valence-electron chi connectivity index (χ2n) is 3.81. The van der Waals surface area contributed by atoms with Gasteiger partial charge in [-0.15, -0.1) is 9.24 Å². The SMILES string of the molecule is Cc1cc(-c2ncnc(C)c2Cl)c(F)cc1P. The second-order valence-corrected chi connectivity index (χ2v) is 4.81. The van der Waals surface area contributed by atoms with Crippen LogP contribution in [-0.2, 0) is 0 Å². The maximum absolute atomic E-state index is 13.9. The number of hydrogen-bond acceptors (Lipinski definition) is 2. The van der Waals surface area contributed by atoms with Crippen molar-refractivity contribution < 1.29 is 4.39 Å². The summed E-state index contributed by atoms with van der Waals surface area (Å²) in [5.74, 6) is -0.333.